The lowest BCUT2D eigenvalue weighted by Gasteiger charge is -2.18. The molecule has 0 saturated carbocycles. The Balaban J connectivity index is 2.53. The van der Waals surface area contributed by atoms with E-state index in [-0.39, 0.29) is 18.4 Å². The lowest BCUT2D eigenvalue weighted by atomic mass is 10.00. The fraction of sp³-hybridized carbons (Fsp3) is 0.889. The van der Waals surface area contributed by atoms with Crippen molar-refractivity contribution in [2.45, 2.75) is 19.9 Å². The van der Waals surface area contributed by atoms with Crippen LogP contribution in [0.5, 0.6) is 0 Å². The van der Waals surface area contributed by atoms with Crippen molar-refractivity contribution in [3.8, 4) is 0 Å². The van der Waals surface area contributed by atoms with E-state index >= 15 is 0 Å². The maximum atomic E-state index is 11.5. The van der Waals surface area contributed by atoms with E-state index < -0.39 is 6.04 Å². The molecule has 1 fully saturated rings. The summed E-state index contributed by atoms with van der Waals surface area (Å²) >= 11 is 0. The second-order valence-electron chi connectivity index (χ2n) is 3.95. The SMILES string of the molecule is CC(N)C(=O)N1CC(C)C(CO)C1. The van der Waals surface area contributed by atoms with Gasteiger partial charge in [0, 0.05) is 25.6 Å². The minimum absolute atomic E-state index is 0.0113. The van der Waals surface area contributed by atoms with Crippen LogP contribution in [0, 0.1) is 11.8 Å². The van der Waals surface area contributed by atoms with Crippen molar-refractivity contribution in [1.29, 1.82) is 0 Å². The first-order chi connectivity index (χ1) is 6.06. The molecule has 1 saturated heterocycles. The average molecular weight is 186 g/mol. The summed E-state index contributed by atoms with van der Waals surface area (Å²) in [6, 6.07) is -0.426. The van der Waals surface area contributed by atoms with Gasteiger partial charge < -0.3 is 15.7 Å². The van der Waals surface area contributed by atoms with E-state index in [0.29, 0.717) is 12.5 Å². The molecule has 3 atom stereocenters. The first-order valence-electron chi connectivity index (χ1n) is 4.71. The quantitative estimate of drug-likeness (QED) is 0.606. The third kappa shape index (κ3) is 2.19. The number of hydrogen-bond donors (Lipinski definition) is 2. The van der Waals surface area contributed by atoms with Crippen molar-refractivity contribution in [1.82, 2.24) is 4.90 Å². The molecule has 1 aliphatic rings. The summed E-state index contributed by atoms with van der Waals surface area (Å²) in [6.45, 7) is 5.28. The molecule has 1 rings (SSSR count). The number of nitrogens with zero attached hydrogens (tertiary/aromatic N) is 1. The van der Waals surface area contributed by atoms with Crippen molar-refractivity contribution in [2.24, 2.45) is 17.6 Å². The highest BCUT2D eigenvalue weighted by molar-refractivity contribution is 5.81. The van der Waals surface area contributed by atoms with Crippen LogP contribution in [0.25, 0.3) is 0 Å². The Morgan fingerprint density at radius 2 is 2.31 bits per heavy atom. The Hall–Kier alpha value is -0.610. The Morgan fingerprint density at radius 1 is 1.69 bits per heavy atom. The first kappa shape index (κ1) is 10.5. The molecule has 4 heteroatoms. The van der Waals surface area contributed by atoms with Gasteiger partial charge in [0.25, 0.3) is 0 Å². The van der Waals surface area contributed by atoms with Crippen molar-refractivity contribution in [2.75, 3.05) is 19.7 Å². The zero-order valence-corrected chi connectivity index (χ0v) is 8.23. The molecule has 4 nitrogen and oxygen atoms in total. The van der Waals surface area contributed by atoms with Gasteiger partial charge in [-0.3, -0.25) is 4.79 Å². The molecule has 1 aliphatic heterocycles. The highest BCUT2D eigenvalue weighted by Crippen LogP contribution is 2.22. The number of nitrogens with two attached hydrogens (primary N) is 1. The molecular formula is C9H18N2O2. The Morgan fingerprint density at radius 3 is 2.69 bits per heavy atom. The van der Waals surface area contributed by atoms with Crippen molar-refractivity contribution in [3.05, 3.63) is 0 Å². The molecule has 0 bridgehead atoms. The topological polar surface area (TPSA) is 66.6 Å². The molecule has 3 unspecified atom stereocenters. The summed E-state index contributed by atoms with van der Waals surface area (Å²) in [4.78, 5) is 13.2. The molecule has 76 valence electrons. The highest BCUT2D eigenvalue weighted by atomic mass is 16.3. The smallest absolute Gasteiger partial charge is 0.239 e. The predicted molar refractivity (Wildman–Crippen MR) is 50.0 cm³/mol. The third-order valence-corrected chi connectivity index (χ3v) is 2.70. The van der Waals surface area contributed by atoms with E-state index in [2.05, 4.69) is 6.92 Å². The van der Waals surface area contributed by atoms with Crippen LogP contribution in [0.3, 0.4) is 0 Å². The van der Waals surface area contributed by atoms with Crippen molar-refractivity contribution >= 4 is 5.91 Å². The molecule has 0 aliphatic carbocycles. The fourth-order valence-corrected chi connectivity index (χ4v) is 1.74. The summed E-state index contributed by atoms with van der Waals surface area (Å²) < 4.78 is 0. The number of likely N-dealkylation sites (tertiary alicyclic amines) is 1. The molecule has 0 spiro atoms. The molecule has 0 aromatic heterocycles. The minimum atomic E-state index is -0.426. The number of carbonyl (C=O) groups is 1. The van der Waals surface area contributed by atoms with Gasteiger partial charge in [-0.2, -0.15) is 0 Å². The van der Waals surface area contributed by atoms with Gasteiger partial charge in [-0.15, -0.1) is 0 Å². The summed E-state index contributed by atoms with van der Waals surface area (Å²) in [5.74, 6) is 0.596. The lowest BCUT2D eigenvalue weighted by Crippen LogP contribution is -2.41. The predicted octanol–water partition coefficient (Wildman–Crippen LogP) is -0.580. The maximum Gasteiger partial charge on any atom is 0.239 e. The Labute approximate surface area is 78.7 Å². The van der Waals surface area contributed by atoms with Crippen LogP contribution < -0.4 is 5.73 Å². The van der Waals surface area contributed by atoms with Crippen LogP contribution >= 0.6 is 0 Å². The van der Waals surface area contributed by atoms with Crippen LogP contribution in [-0.2, 0) is 4.79 Å². The largest absolute Gasteiger partial charge is 0.396 e. The minimum Gasteiger partial charge on any atom is -0.396 e. The summed E-state index contributed by atoms with van der Waals surface area (Å²) in [5.41, 5.74) is 5.49. The van der Waals surface area contributed by atoms with Gasteiger partial charge >= 0.3 is 0 Å². The lowest BCUT2D eigenvalue weighted by molar-refractivity contribution is -0.131. The van der Waals surface area contributed by atoms with Crippen LogP contribution in [0.2, 0.25) is 0 Å². The van der Waals surface area contributed by atoms with E-state index in [1.807, 2.05) is 0 Å². The van der Waals surface area contributed by atoms with Crippen molar-refractivity contribution in [3.63, 3.8) is 0 Å². The van der Waals surface area contributed by atoms with Crippen LogP contribution in [0.4, 0.5) is 0 Å². The van der Waals surface area contributed by atoms with E-state index in [1.165, 1.54) is 0 Å². The molecule has 3 N–H and O–H groups in total. The molecule has 0 aromatic rings. The van der Waals surface area contributed by atoms with E-state index in [9.17, 15) is 4.79 Å². The number of aliphatic hydroxyl groups excluding tert-OH is 1. The van der Waals surface area contributed by atoms with E-state index in [0.717, 1.165) is 6.54 Å². The number of amides is 1. The highest BCUT2D eigenvalue weighted by Gasteiger charge is 2.32. The number of aliphatic hydroxyl groups is 1. The van der Waals surface area contributed by atoms with Gasteiger partial charge in [-0.1, -0.05) is 6.92 Å². The van der Waals surface area contributed by atoms with Crippen LogP contribution in [0.15, 0.2) is 0 Å². The normalized spacial score (nSPS) is 30.6. The number of hydrogen-bond acceptors (Lipinski definition) is 3. The van der Waals surface area contributed by atoms with Gasteiger partial charge in [0.05, 0.1) is 6.04 Å². The maximum absolute atomic E-state index is 11.5. The molecule has 0 aromatic carbocycles. The first-order valence-corrected chi connectivity index (χ1v) is 4.71. The molecule has 13 heavy (non-hydrogen) atoms. The van der Waals surface area contributed by atoms with Crippen molar-refractivity contribution < 1.29 is 9.90 Å². The summed E-state index contributed by atoms with van der Waals surface area (Å²) in [7, 11) is 0. The summed E-state index contributed by atoms with van der Waals surface area (Å²) in [5, 5.41) is 9.01. The van der Waals surface area contributed by atoms with Gasteiger partial charge in [-0.05, 0) is 12.8 Å². The third-order valence-electron chi connectivity index (χ3n) is 2.70. The van der Waals surface area contributed by atoms with Gasteiger partial charge in [0.2, 0.25) is 5.91 Å². The summed E-state index contributed by atoms with van der Waals surface area (Å²) in [6.07, 6.45) is 0. The fourth-order valence-electron chi connectivity index (χ4n) is 1.74. The monoisotopic (exact) mass is 186 g/mol. The average Bonchev–Trinajstić information content (AvgIpc) is 2.45. The zero-order valence-electron chi connectivity index (χ0n) is 8.23. The number of rotatable bonds is 2. The number of carbonyl (C=O) groups excluding carboxylic acids is 1. The second-order valence-corrected chi connectivity index (χ2v) is 3.95. The molecular weight excluding hydrogens is 168 g/mol. The second kappa shape index (κ2) is 4.07. The standard InChI is InChI=1S/C9H18N2O2/c1-6-3-11(4-8(6)5-12)9(13)7(2)10/h6-8,12H,3-5,10H2,1-2H3. The molecule has 1 amide bonds. The van der Waals surface area contributed by atoms with Gasteiger partial charge in [0.15, 0.2) is 0 Å². The molecule has 0 radical (unpaired) electrons. The van der Waals surface area contributed by atoms with E-state index in [1.54, 1.807) is 11.8 Å². The van der Waals surface area contributed by atoms with Gasteiger partial charge in [-0.25, -0.2) is 0 Å². The van der Waals surface area contributed by atoms with E-state index in [4.69, 9.17) is 10.8 Å². The zero-order chi connectivity index (χ0) is 10.0. The Bertz CT molecular complexity index is 194. The Kier molecular flexibility index (Phi) is 3.27. The van der Waals surface area contributed by atoms with Gasteiger partial charge in [0.1, 0.15) is 0 Å². The molecule has 1 heterocycles. The van der Waals surface area contributed by atoms with Crippen LogP contribution in [-0.4, -0.2) is 41.7 Å². The van der Waals surface area contributed by atoms with Crippen LogP contribution in [0.1, 0.15) is 13.8 Å².